The Hall–Kier alpha value is -4.07. The number of rotatable bonds is 5. The molecule has 0 unspecified atom stereocenters. The number of nitrogens with zero attached hydrogens (tertiary/aromatic N) is 4. The van der Waals surface area contributed by atoms with Gasteiger partial charge in [-0.1, -0.05) is 6.07 Å². The van der Waals surface area contributed by atoms with Gasteiger partial charge in [-0.25, -0.2) is 9.07 Å². The lowest BCUT2D eigenvalue weighted by Gasteiger charge is -2.08. The van der Waals surface area contributed by atoms with Crippen molar-refractivity contribution >= 4 is 11.6 Å². The molecule has 2 aromatic heterocycles. The minimum atomic E-state index is -0.462. The standard InChI is InChI=1S/C20H14FN5O2/c21-15-4-1-3-14(13-15)20(27)23-16-5-7-17(8-6-16)28-19-10-9-18(24-25-19)26-12-2-11-22-26/h1-13H,(H,23,27). The molecule has 0 spiro atoms. The highest BCUT2D eigenvalue weighted by atomic mass is 19.1. The Morgan fingerprint density at radius 2 is 1.86 bits per heavy atom. The Labute approximate surface area is 159 Å². The number of hydrogen-bond acceptors (Lipinski definition) is 5. The van der Waals surface area contributed by atoms with E-state index in [0.717, 1.165) is 0 Å². The first kappa shape index (κ1) is 17.3. The molecule has 0 bridgehead atoms. The maximum absolute atomic E-state index is 13.2. The number of aromatic nitrogens is 4. The fraction of sp³-hybridized carbons (Fsp3) is 0. The molecule has 8 heteroatoms. The van der Waals surface area contributed by atoms with Gasteiger partial charge in [0.05, 0.1) is 0 Å². The van der Waals surface area contributed by atoms with Crippen molar-refractivity contribution in [2.75, 3.05) is 5.32 Å². The summed E-state index contributed by atoms with van der Waals surface area (Å²) in [5.41, 5.74) is 0.801. The molecule has 2 heterocycles. The minimum Gasteiger partial charge on any atom is -0.438 e. The SMILES string of the molecule is O=C(Nc1ccc(Oc2ccc(-n3cccn3)nn2)cc1)c1cccc(F)c1. The molecule has 4 aromatic rings. The minimum absolute atomic E-state index is 0.243. The summed E-state index contributed by atoms with van der Waals surface area (Å²) >= 11 is 0. The second kappa shape index (κ2) is 7.67. The number of nitrogens with one attached hydrogen (secondary N) is 1. The normalized spacial score (nSPS) is 10.5. The molecule has 0 fully saturated rings. The molecule has 28 heavy (non-hydrogen) atoms. The van der Waals surface area contributed by atoms with E-state index in [0.29, 0.717) is 23.1 Å². The van der Waals surface area contributed by atoms with E-state index in [1.165, 1.54) is 18.2 Å². The molecule has 0 saturated heterocycles. The highest BCUT2D eigenvalue weighted by Gasteiger charge is 2.08. The first-order valence-corrected chi connectivity index (χ1v) is 8.36. The Kier molecular flexibility index (Phi) is 4.75. The second-order valence-corrected chi connectivity index (χ2v) is 5.77. The summed E-state index contributed by atoms with van der Waals surface area (Å²) in [4.78, 5) is 12.1. The van der Waals surface area contributed by atoms with E-state index in [1.807, 2.05) is 0 Å². The predicted molar refractivity (Wildman–Crippen MR) is 100 cm³/mol. The lowest BCUT2D eigenvalue weighted by Crippen LogP contribution is -2.11. The van der Waals surface area contributed by atoms with E-state index >= 15 is 0 Å². The van der Waals surface area contributed by atoms with Gasteiger partial charge in [-0.2, -0.15) is 5.10 Å². The summed E-state index contributed by atoms with van der Waals surface area (Å²) in [6.45, 7) is 0. The van der Waals surface area contributed by atoms with Crippen LogP contribution in [0.25, 0.3) is 5.82 Å². The van der Waals surface area contributed by atoms with Crippen LogP contribution in [0.15, 0.2) is 79.1 Å². The van der Waals surface area contributed by atoms with Crippen molar-refractivity contribution in [2.24, 2.45) is 0 Å². The van der Waals surface area contributed by atoms with E-state index in [1.54, 1.807) is 65.6 Å². The van der Waals surface area contributed by atoms with E-state index < -0.39 is 11.7 Å². The third kappa shape index (κ3) is 4.01. The predicted octanol–water partition coefficient (Wildman–Crippen LogP) is 3.85. The van der Waals surface area contributed by atoms with Crippen LogP contribution in [0.2, 0.25) is 0 Å². The number of ether oxygens (including phenoxy) is 1. The third-order valence-corrected chi connectivity index (χ3v) is 3.79. The fourth-order valence-corrected chi connectivity index (χ4v) is 2.45. The highest BCUT2D eigenvalue weighted by Crippen LogP contribution is 2.22. The van der Waals surface area contributed by atoms with Crippen LogP contribution in [0.3, 0.4) is 0 Å². The van der Waals surface area contributed by atoms with Crippen molar-refractivity contribution < 1.29 is 13.9 Å². The molecule has 138 valence electrons. The van der Waals surface area contributed by atoms with Crippen LogP contribution in [0.4, 0.5) is 10.1 Å². The van der Waals surface area contributed by atoms with E-state index in [2.05, 4.69) is 20.6 Å². The lowest BCUT2D eigenvalue weighted by molar-refractivity contribution is 0.102. The van der Waals surface area contributed by atoms with Gasteiger partial charge in [0.25, 0.3) is 5.91 Å². The number of benzene rings is 2. The largest absolute Gasteiger partial charge is 0.438 e. The maximum atomic E-state index is 13.2. The number of carbonyl (C=O) groups excluding carboxylic acids is 1. The number of carbonyl (C=O) groups is 1. The fourth-order valence-electron chi connectivity index (χ4n) is 2.45. The average Bonchev–Trinajstić information content (AvgIpc) is 3.25. The first-order chi connectivity index (χ1) is 13.7. The quantitative estimate of drug-likeness (QED) is 0.573. The molecule has 1 N–H and O–H groups in total. The van der Waals surface area contributed by atoms with Crippen molar-refractivity contribution in [1.82, 2.24) is 20.0 Å². The van der Waals surface area contributed by atoms with Gasteiger partial charge in [-0.3, -0.25) is 4.79 Å². The van der Waals surface area contributed by atoms with Gasteiger partial charge in [-0.05, 0) is 54.6 Å². The Balaban J connectivity index is 1.40. The van der Waals surface area contributed by atoms with Crippen molar-refractivity contribution in [2.45, 2.75) is 0 Å². The summed E-state index contributed by atoms with van der Waals surface area (Å²) in [7, 11) is 0. The second-order valence-electron chi connectivity index (χ2n) is 5.77. The van der Waals surface area contributed by atoms with E-state index in [-0.39, 0.29) is 5.56 Å². The number of amides is 1. The molecular formula is C20H14FN5O2. The topological polar surface area (TPSA) is 81.9 Å². The third-order valence-electron chi connectivity index (χ3n) is 3.79. The van der Waals surface area contributed by atoms with Crippen molar-refractivity contribution in [1.29, 1.82) is 0 Å². The van der Waals surface area contributed by atoms with Gasteiger partial charge in [0.1, 0.15) is 11.6 Å². The van der Waals surface area contributed by atoms with Crippen molar-refractivity contribution in [3.8, 4) is 17.4 Å². The van der Waals surface area contributed by atoms with Crippen molar-refractivity contribution in [3.05, 3.63) is 90.5 Å². The summed E-state index contributed by atoms with van der Waals surface area (Å²) in [6.07, 6.45) is 3.42. The van der Waals surface area contributed by atoms with Crippen LogP contribution >= 0.6 is 0 Å². The van der Waals surface area contributed by atoms with Crippen LogP contribution in [0.5, 0.6) is 11.6 Å². The first-order valence-electron chi connectivity index (χ1n) is 8.36. The molecule has 0 aliphatic heterocycles. The van der Waals surface area contributed by atoms with Crippen LogP contribution in [-0.2, 0) is 0 Å². The summed E-state index contributed by atoms with van der Waals surface area (Å²) in [5, 5.41) is 14.8. The Bertz CT molecular complexity index is 1080. The van der Waals surface area contributed by atoms with E-state index in [9.17, 15) is 9.18 Å². The lowest BCUT2D eigenvalue weighted by atomic mass is 10.2. The number of anilines is 1. The number of halogens is 1. The molecule has 2 aromatic carbocycles. The van der Waals surface area contributed by atoms with Crippen LogP contribution < -0.4 is 10.1 Å². The van der Waals surface area contributed by atoms with Gasteiger partial charge in [-0.15, -0.1) is 10.2 Å². The molecule has 0 aliphatic rings. The zero-order valence-corrected chi connectivity index (χ0v) is 14.5. The monoisotopic (exact) mass is 375 g/mol. The van der Waals surface area contributed by atoms with Gasteiger partial charge < -0.3 is 10.1 Å². The molecule has 0 saturated carbocycles. The van der Waals surface area contributed by atoms with E-state index in [4.69, 9.17) is 4.74 Å². The van der Waals surface area contributed by atoms with Crippen LogP contribution in [0.1, 0.15) is 10.4 Å². The van der Waals surface area contributed by atoms with Crippen LogP contribution in [0, 0.1) is 5.82 Å². The summed E-state index contributed by atoms with van der Waals surface area (Å²) in [5.74, 6) is 0.578. The molecule has 0 radical (unpaired) electrons. The smallest absolute Gasteiger partial charge is 0.255 e. The van der Waals surface area contributed by atoms with Gasteiger partial charge >= 0.3 is 0 Å². The average molecular weight is 375 g/mol. The Morgan fingerprint density at radius 1 is 1.00 bits per heavy atom. The molecular weight excluding hydrogens is 361 g/mol. The van der Waals surface area contributed by atoms with Crippen LogP contribution in [-0.4, -0.2) is 25.9 Å². The van der Waals surface area contributed by atoms with Gasteiger partial charge in [0.2, 0.25) is 5.88 Å². The van der Waals surface area contributed by atoms with Crippen molar-refractivity contribution in [3.63, 3.8) is 0 Å². The summed E-state index contributed by atoms with van der Waals surface area (Å²) in [6, 6.07) is 17.4. The maximum Gasteiger partial charge on any atom is 0.255 e. The van der Waals surface area contributed by atoms with Gasteiger partial charge in [0, 0.05) is 29.7 Å². The molecule has 4 rings (SSSR count). The number of hydrogen-bond donors (Lipinski definition) is 1. The van der Waals surface area contributed by atoms with Gasteiger partial charge in [0.15, 0.2) is 5.82 Å². The zero-order valence-electron chi connectivity index (χ0n) is 14.5. The molecule has 1 amide bonds. The molecule has 7 nitrogen and oxygen atoms in total. The Morgan fingerprint density at radius 3 is 2.54 bits per heavy atom. The summed E-state index contributed by atoms with van der Waals surface area (Å²) < 4.78 is 20.5. The zero-order chi connectivity index (χ0) is 19.3. The highest BCUT2D eigenvalue weighted by molar-refractivity contribution is 6.04. The molecule has 0 aliphatic carbocycles. The molecule has 0 atom stereocenters.